The van der Waals surface area contributed by atoms with Crippen molar-refractivity contribution in [3.05, 3.63) is 24.4 Å². The normalized spacial score (nSPS) is 23.3. The highest BCUT2D eigenvalue weighted by molar-refractivity contribution is 5.80. The first-order chi connectivity index (χ1) is 12.7. The molecule has 0 spiro atoms. The zero-order chi connectivity index (χ0) is 18.4. The van der Waals surface area contributed by atoms with Gasteiger partial charge in [-0.3, -0.25) is 9.89 Å². The Morgan fingerprint density at radius 3 is 2.65 bits per heavy atom. The lowest BCUT2D eigenvalue weighted by molar-refractivity contribution is 0.119. The highest BCUT2D eigenvalue weighted by Gasteiger charge is 2.24. The second kappa shape index (κ2) is 9.19. The molecule has 0 saturated carbocycles. The maximum absolute atomic E-state index is 4.97. The molecule has 2 aliphatic rings. The van der Waals surface area contributed by atoms with E-state index in [1.807, 2.05) is 12.3 Å². The molecule has 0 aliphatic carbocycles. The van der Waals surface area contributed by atoms with E-state index in [0.29, 0.717) is 6.04 Å². The molecule has 144 valence electrons. The van der Waals surface area contributed by atoms with Crippen LogP contribution in [0.5, 0.6) is 0 Å². The third-order valence-electron chi connectivity index (χ3n) is 5.32. The Kier molecular flexibility index (Phi) is 6.68. The molecule has 1 N–H and O–H groups in total. The number of pyridine rings is 1. The smallest absolute Gasteiger partial charge is 0.194 e. The number of aromatic nitrogens is 1. The SMILES string of the molecule is CCNC(=NCC1CN(C)CCN1C)N1CCN(c2ccccn2)CC1. The predicted molar refractivity (Wildman–Crippen MR) is 108 cm³/mol. The molecule has 0 bridgehead atoms. The average Bonchev–Trinajstić information content (AvgIpc) is 2.68. The van der Waals surface area contributed by atoms with Crippen LogP contribution in [0, 0.1) is 0 Å². The number of hydrogen-bond acceptors (Lipinski definition) is 5. The number of likely N-dealkylation sites (N-methyl/N-ethyl adjacent to an activating group) is 2. The van der Waals surface area contributed by atoms with Gasteiger partial charge in [-0.15, -0.1) is 0 Å². The maximum Gasteiger partial charge on any atom is 0.194 e. The minimum atomic E-state index is 0.497. The number of nitrogens with one attached hydrogen (secondary N) is 1. The van der Waals surface area contributed by atoms with Gasteiger partial charge in [0, 0.05) is 64.6 Å². The van der Waals surface area contributed by atoms with Crippen LogP contribution in [0.15, 0.2) is 29.4 Å². The van der Waals surface area contributed by atoms with Crippen molar-refractivity contribution in [3.8, 4) is 0 Å². The van der Waals surface area contributed by atoms with Crippen LogP contribution in [0.2, 0.25) is 0 Å². The molecule has 2 aliphatic heterocycles. The second-order valence-electron chi connectivity index (χ2n) is 7.25. The molecule has 1 unspecified atom stereocenters. The van der Waals surface area contributed by atoms with Crippen LogP contribution >= 0.6 is 0 Å². The molecule has 26 heavy (non-hydrogen) atoms. The summed E-state index contributed by atoms with van der Waals surface area (Å²) in [5.74, 6) is 2.12. The summed E-state index contributed by atoms with van der Waals surface area (Å²) in [6.45, 7) is 11.2. The first-order valence-corrected chi connectivity index (χ1v) is 9.75. The van der Waals surface area contributed by atoms with Gasteiger partial charge in [0.05, 0.1) is 6.54 Å². The third kappa shape index (κ3) is 4.86. The first kappa shape index (κ1) is 18.9. The zero-order valence-electron chi connectivity index (χ0n) is 16.4. The Labute approximate surface area is 157 Å². The van der Waals surface area contributed by atoms with E-state index in [2.05, 4.69) is 63.1 Å². The Balaban J connectivity index is 1.58. The van der Waals surface area contributed by atoms with Crippen molar-refractivity contribution >= 4 is 11.8 Å². The Hall–Kier alpha value is -1.86. The molecule has 2 fully saturated rings. The van der Waals surface area contributed by atoms with E-state index in [1.54, 1.807) is 0 Å². The highest BCUT2D eigenvalue weighted by atomic mass is 15.4. The van der Waals surface area contributed by atoms with Crippen LogP contribution < -0.4 is 10.2 Å². The fraction of sp³-hybridized carbons (Fsp3) is 0.684. The van der Waals surface area contributed by atoms with E-state index in [4.69, 9.17) is 4.99 Å². The number of rotatable bonds is 4. The minimum absolute atomic E-state index is 0.497. The summed E-state index contributed by atoms with van der Waals surface area (Å²) in [7, 11) is 4.41. The molecule has 0 aromatic carbocycles. The van der Waals surface area contributed by atoms with E-state index >= 15 is 0 Å². The molecule has 1 aromatic heterocycles. The van der Waals surface area contributed by atoms with Crippen LogP contribution in [-0.2, 0) is 0 Å². The number of piperazine rings is 2. The zero-order valence-corrected chi connectivity index (χ0v) is 16.4. The molecule has 7 heteroatoms. The monoisotopic (exact) mass is 359 g/mol. The largest absolute Gasteiger partial charge is 0.357 e. The van der Waals surface area contributed by atoms with Gasteiger partial charge in [0.15, 0.2) is 5.96 Å². The van der Waals surface area contributed by atoms with Gasteiger partial charge >= 0.3 is 0 Å². The Morgan fingerprint density at radius 2 is 1.96 bits per heavy atom. The lowest BCUT2D eigenvalue weighted by Gasteiger charge is -2.38. The molecular weight excluding hydrogens is 326 g/mol. The van der Waals surface area contributed by atoms with E-state index < -0.39 is 0 Å². The summed E-state index contributed by atoms with van der Waals surface area (Å²) in [4.78, 5) is 19.0. The minimum Gasteiger partial charge on any atom is -0.357 e. The lowest BCUT2D eigenvalue weighted by atomic mass is 10.2. The van der Waals surface area contributed by atoms with Gasteiger partial charge in [-0.1, -0.05) is 6.07 Å². The van der Waals surface area contributed by atoms with Gasteiger partial charge in [-0.05, 0) is 33.2 Å². The van der Waals surface area contributed by atoms with Crippen molar-refractivity contribution in [3.63, 3.8) is 0 Å². The molecule has 2 saturated heterocycles. The van der Waals surface area contributed by atoms with Gasteiger partial charge < -0.3 is 20.0 Å². The molecule has 0 amide bonds. The van der Waals surface area contributed by atoms with E-state index in [9.17, 15) is 0 Å². The van der Waals surface area contributed by atoms with Crippen molar-refractivity contribution in [1.29, 1.82) is 0 Å². The maximum atomic E-state index is 4.97. The van der Waals surface area contributed by atoms with Crippen LogP contribution in [0.4, 0.5) is 5.82 Å². The van der Waals surface area contributed by atoms with Crippen LogP contribution in [0.1, 0.15) is 6.92 Å². The van der Waals surface area contributed by atoms with Gasteiger partial charge in [-0.25, -0.2) is 4.98 Å². The third-order valence-corrected chi connectivity index (χ3v) is 5.32. The number of anilines is 1. The lowest BCUT2D eigenvalue weighted by Crippen LogP contribution is -2.54. The van der Waals surface area contributed by atoms with Crippen molar-refractivity contribution in [2.45, 2.75) is 13.0 Å². The molecule has 7 nitrogen and oxygen atoms in total. The van der Waals surface area contributed by atoms with Crippen molar-refractivity contribution < 1.29 is 0 Å². The van der Waals surface area contributed by atoms with E-state index in [1.165, 1.54) is 0 Å². The van der Waals surface area contributed by atoms with Gasteiger partial charge in [0.2, 0.25) is 0 Å². The number of guanidine groups is 1. The van der Waals surface area contributed by atoms with E-state index in [-0.39, 0.29) is 0 Å². The quantitative estimate of drug-likeness (QED) is 0.621. The van der Waals surface area contributed by atoms with Crippen molar-refractivity contribution in [2.24, 2.45) is 4.99 Å². The van der Waals surface area contributed by atoms with E-state index in [0.717, 1.165) is 70.7 Å². The average molecular weight is 360 g/mol. The molecule has 3 heterocycles. The summed E-state index contributed by atoms with van der Waals surface area (Å²) >= 11 is 0. The Morgan fingerprint density at radius 1 is 1.15 bits per heavy atom. The summed E-state index contributed by atoms with van der Waals surface area (Å²) in [6.07, 6.45) is 1.87. The molecule has 1 atom stereocenters. The fourth-order valence-corrected chi connectivity index (χ4v) is 3.60. The fourth-order valence-electron chi connectivity index (χ4n) is 3.60. The van der Waals surface area contributed by atoms with Gasteiger partial charge in [0.25, 0.3) is 0 Å². The van der Waals surface area contributed by atoms with Crippen LogP contribution in [-0.4, -0.2) is 105 Å². The number of nitrogens with zero attached hydrogens (tertiary/aromatic N) is 6. The summed E-state index contributed by atoms with van der Waals surface area (Å²) in [5, 5.41) is 3.48. The molecular formula is C19H33N7. The molecule has 0 radical (unpaired) electrons. The summed E-state index contributed by atoms with van der Waals surface area (Å²) in [6, 6.07) is 6.61. The van der Waals surface area contributed by atoms with Crippen LogP contribution in [0.25, 0.3) is 0 Å². The van der Waals surface area contributed by atoms with Gasteiger partial charge in [0.1, 0.15) is 5.82 Å². The van der Waals surface area contributed by atoms with Crippen LogP contribution in [0.3, 0.4) is 0 Å². The molecule has 3 rings (SSSR count). The number of hydrogen-bond donors (Lipinski definition) is 1. The first-order valence-electron chi connectivity index (χ1n) is 9.75. The van der Waals surface area contributed by atoms with Crippen molar-refractivity contribution in [1.82, 2.24) is 25.0 Å². The summed E-state index contributed by atoms with van der Waals surface area (Å²) < 4.78 is 0. The van der Waals surface area contributed by atoms with Gasteiger partial charge in [-0.2, -0.15) is 0 Å². The summed E-state index contributed by atoms with van der Waals surface area (Å²) in [5.41, 5.74) is 0. The molecule has 1 aromatic rings. The highest BCUT2D eigenvalue weighted by Crippen LogP contribution is 2.13. The van der Waals surface area contributed by atoms with Crippen molar-refractivity contribution in [2.75, 3.05) is 77.9 Å². The second-order valence-corrected chi connectivity index (χ2v) is 7.25. The predicted octanol–water partition coefficient (Wildman–Crippen LogP) is 0.415. The number of aliphatic imine (C=N–C) groups is 1. The standard InChI is InChI=1S/C19H33N7/c1-4-20-19(22-15-17-16-23(2)9-10-24(17)3)26-13-11-25(12-14-26)18-7-5-6-8-21-18/h5-8,17H,4,9-16H2,1-3H3,(H,20,22). The Bertz CT molecular complexity index is 569. The topological polar surface area (TPSA) is 50.2 Å².